The monoisotopic (exact) mass is 292 g/mol. The molecule has 1 aliphatic rings. The van der Waals surface area contributed by atoms with E-state index < -0.39 is 6.10 Å². The van der Waals surface area contributed by atoms with Gasteiger partial charge in [-0.25, -0.2) is 0 Å². The van der Waals surface area contributed by atoms with E-state index in [1.54, 1.807) is 6.20 Å². The lowest BCUT2D eigenvalue weighted by Crippen LogP contribution is -2.29. The highest BCUT2D eigenvalue weighted by Gasteiger charge is 2.39. The first-order valence-corrected chi connectivity index (χ1v) is 7.68. The van der Waals surface area contributed by atoms with Crippen LogP contribution in [0.2, 0.25) is 5.02 Å². The first-order chi connectivity index (χ1) is 9.50. The van der Waals surface area contributed by atoms with Crippen molar-refractivity contribution in [3.63, 3.8) is 0 Å². The number of nitrogens with one attached hydrogen (secondary N) is 1. The zero-order valence-electron chi connectivity index (χ0n) is 12.0. The number of halogens is 1. The summed E-state index contributed by atoms with van der Waals surface area (Å²) in [7, 11) is 0. The van der Waals surface area contributed by atoms with Gasteiger partial charge in [0.05, 0.1) is 17.8 Å². The van der Waals surface area contributed by atoms with Crippen LogP contribution in [0.25, 0.3) is 10.9 Å². The van der Waals surface area contributed by atoms with Crippen LogP contribution in [0.1, 0.15) is 51.2 Å². The third-order valence-corrected chi connectivity index (χ3v) is 5.17. The van der Waals surface area contributed by atoms with E-state index in [0.717, 1.165) is 16.5 Å². The predicted molar refractivity (Wildman–Crippen MR) is 81.8 cm³/mol. The van der Waals surface area contributed by atoms with E-state index in [2.05, 4.69) is 24.0 Å². The summed E-state index contributed by atoms with van der Waals surface area (Å²) in [6, 6.07) is 3.74. The number of aromatic amines is 1. The Labute approximate surface area is 124 Å². The third kappa shape index (κ3) is 2.23. The Morgan fingerprint density at radius 2 is 2.05 bits per heavy atom. The molecule has 0 aliphatic heterocycles. The first-order valence-electron chi connectivity index (χ1n) is 7.30. The van der Waals surface area contributed by atoms with E-state index in [4.69, 9.17) is 11.6 Å². The molecule has 0 saturated heterocycles. The number of hydrogen-bond acceptors (Lipinski definition) is 2. The SMILES string of the molecule is CC(C)(C1CCCC1)C(O)c1cc(Cl)cc2cn[nH]c12. The Morgan fingerprint density at radius 1 is 1.35 bits per heavy atom. The van der Waals surface area contributed by atoms with E-state index in [9.17, 15) is 5.11 Å². The molecule has 108 valence electrons. The van der Waals surface area contributed by atoms with Crippen molar-refractivity contribution in [2.24, 2.45) is 11.3 Å². The summed E-state index contributed by atoms with van der Waals surface area (Å²) in [5.74, 6) is 0.564. The lowest BCUT2D eigenvalue weighted by Gasteiger charge is -2.37. The zero-order valence-corrected chi connectivity index (χ0v) is 12.7. The van der Waals surface area contributed by atoms with Gasteiger partial charge in [0.1, 0.15) is 0 Å². The minimum Gasteiger partial charge on any atom is -0.388 e. The smallest absolute Gasteiger partial charge is 0.0864 e. The summed E-state index contributed by atoms with van der Waals surface area (Å²) in [6.45, 7) is 4.33. The summed E-state index contributed by atoms with van der Waals surface area (Å²) < 4.78 is 0. The molecule has 1 aromatic carbocycles. The highest BCUT2D eigenvalue weighted by molar-refractivity contribution is 6.31. The van der Waals surface area contributed by atoms with Crippen molar-refractivity contribution in [2.45, 2.75) is 45.6 Å². The van der Waals surface area contributed by atoms with Gasteiger partial charge in [0.25, 0.3) is 0 Å². The van der Waals surface area contributed by atoms with Crippen LogP contribution < -0.4 is 0 Å². The first kappa shape index (κ1) is 13.9. The molecule has 3 rings (SSSR count). The molecule has 0 amide bonds. The summed E-state index contributed by atoms with van der Waals surface area (Å²) >= 11 is 6.18. The molecule has 1 atom stereocenters. The van der Waals surface area contributed by atoms with Crippen molar-refractivity contribution in [2.75, 3.05) is 0 Å². The van der Waals surface area contributed by atoms with Gasteiger partial charge < -0.3 is 5.11 Å². The van der Waals surface area contributed by atoms with Crippen LogP contribution >= 0.6 is 11.6 Å². The molecule has 1 unspecified atom stereocenters. The Hall–Kier alpha value is -1.06. The Kier molecular flexibility index (Phi) is 3.51. The molecular formula is C16H21ClN2O. The molecule has 0 bridgehead atoms. The zero-order chi connectivity index (χ0) is 14.3. The number of benzene rings is 1. The average Bonchev–Trinajstić information content (AvgIpc) is 3.07. The van der Waals surface area contributed by atoms with Gasteiger partial charge in [-0.3, -0.25) is 5.10 Å². The molecular weight excluding hydrogens is 272 g/mol. The van der Waals surface area contributed by atoms with Crippen molar-refractivity contribution in [1.29, 1.82) is 0 Å². The number of hydrogen-bond donors (Lipinski definition) is 2. The topological polar surface area (TPSA) is 48.9 Å². The number of aliphatic hydroxyl groups excluding tert-OH is 1. The number of H-pyrrole nitrogens is 1. The van der Waals surface area contributed by atoms with Crippen molar-refractivity contribution in [1.82, 2.24) is 10.2 Å². The van der Waals surface area contributed by atoms with Crippen LogP contribution in [-0.4, -0.2) is 15.3 Å². The molecule has 1 saturated carbocycles. The fraction of sp³-hybridized carbons (Fsp3) is 0.562. The number of rotatable bonds is 3. The van der Waals surface area contributed by atoms with Crippen molar-refractivity contribution in [3.05, 3.63) is 28.9 Å². The fourth-order valence-electron chi connectivity index (χ4n) is 3.56. The molecule has 3 nitrogen and oxygen atoms in total. The lowest BCUT2D eigenvalue weighted by atomic mass is 9.71. The molecule has 2 aromatic rings. The van der Waals surface area contributed by atoms with Crippen LogP contribution in [-0.2, 0) is 0 Å². The van der Waals surface area contributed by atoms with Gasteiger partial charge in [-0.1, -0.05) is 38.3 Å². The summed E-state index contributed by atoms with van der Waals surface area (Å²) in [5.41, 5.74) is 1.61. The van der Waals surface area contributed by atoms with Crippen LogP contribution in [0.3, 0.4) is 0 Å². The van der Waals surface area contributed by atoms with Gasteiger partial charge in [-0.05, 0) is 36.3 Å². The maximum atomic E-state index is 10.9. The fourth-order valence-corrected chi connectivity index (χ4v) is 3.79. The lowest BCUT2D eigenvalue weighted by molar-refractivity contribution is 0.00710. The van der Waals surface area contributed by atoms with Crippen molar-refractivity contribution in [3.8, 4) is 0 Å². The number of nitrogens with zero attached hydrogens (tertiary/aromatic N) is 1. The van der Waals surface area contributed by atoms with Gasteiger partial charge in [0.15, 0.2) is 0 Å². The van der Waals surface area contributed by atoms with Crippen LogP contribution in [0, 0.1) is 11.3 Å². The Balaban J connectivity index is 2.03. The van der Waals surface area contributed by atoms with Gasteiger partial charge in [-0.15, -0.1) is 0 Å². The van der Waals surface area contributed by atoms with Crippen molar-refractivity contribution >= 4 is 22.5 Å². The predicted octanol–water partition coefficient (Wildman–Crippen LogP) is 4.47. The standard InChI is InChI=1S/C16H21ClN2O/c1-16(2,11-5-3-4-6-11)15(20)13-8-12(17)7-10-9-18-19-14(10)13/h7-9,11,15,20H,3-6H2,1-2H3,(H,18,19). The van der Waals surface area contributed by atoms with Crippen LogP contribution in [0.5, 0.6) is 0 Å². The minimum absolute atomic E-state index is 0.154. The van der Waals surface area contributed by atoms with Gasteiger partial charge in [0, 0.05) is 16.0 Å². The van der Waals surface area contributed by atoms with E-state index >= 15 is 0 Å². The van der Waals surface area contributed by atoms with Crippen molar-refractivity contribution < 1.29 is 5.11 Å². The Morgan fingerprint density at radius 3 is 2.75 bits per heavy atom. The normalized spacial score (nSPS) is 18.8. The second-order valence-corrected chi connectivity index (χ2v) is 6.97. The molecule has 1 aliphatic carbocycles. The maximum absolute atomic E-state index is 10.9. The summed E-state index contributed by atoms with van der Waals surface area (Å²) in [4.78, 5) is 0. The summed E-state index contributed by atoms with van der Waals surface area (Å²) in [6.07, 6.45) is 6.17. The number of aliphatic hydroxyl groups is 1. The van der Waals surface area contributed by atoms with E-state index in [1.807, 2.05) is 12.1 Å². The maximum Gasteiger partial charge on any atom is 0.0864 e. The second-order valence-electron chi connectivity index (χ2n) is 6.53. The quantitative estimate of drug-likeness (QED) is 0.877. The largest absolute Gasteiger partial charge is 0.388 e. The van der Waals surface area contributed by atoms with Gasteiger partial charge >= 0.3 is 0 Å². The number of fused-ring (bicyclic) bond motifs is 1. The average molecular weight is 293 g/mol. The van der Waals surface area contributed by atoms with E-state index in [1.165, 1.54) is 25.7 Å². The molecule has 1 heterocycles. The summed E-state index contributed by atoms with van der Waals surface area (Å²) in [5, 5.41) is 19.6. The Bertz CT molecular complexity index is 614. The van der Waals surface area contributed by atoms with Crippen LogP contribution in [0.15, 0.2) is 18.3 Å². The molecule has 1 aromatic heterocycles. The second kappa shape index (κ2) is 5.05. The molecule has 1 fully saturated rings. The third-order valence-electron chi connectivity index (χ3n) is 4.95. The molecule has 20 heavy (non-hydrogen) atoms. The highest BCUT2D eigenvalue weighted by atomic mass is 35.5. The van der Waals surface area contributed by atoms with Crippen LogP contribution in [0.4, 0.5) is 0 Å². The number of aromatic nitrogens is 2. The molecule has 4 heteroatoms. The molecule has 0 spiro atoms. The van der Waals surface area contributed by atoms with Gasteiger partial charge in [-0.2, -0.15) is 5.10 Å². The molecule has 0 radical (unpaired) electrons. The highest BCUT2D eigenvalue weighted by Crippen LogP contribution is 2.48. The molecule has 2 N–H and O–H groups in total. The van der Waals surface area contributed by atoms with Gasteiger partial charge in [0.2, 0.25) is 0 Å². The van der Waals surface area contributed by atoms with E-state index in [-0.39, 0.29) is 5.41 Å². The van der Waals surface area contributed by atoms with E-state index in [0.29, 0.717) is 10.9 Å². The minimum atomic E-state index is -0.535.